The van der Waals surface area contributed by atoms with E-state index in [-0.39, 0.29) is 11.8 Å². The number of fused-ring (bicyclic) bond motifs is 1. The van der Waals surface area contributed by atoms with Crippen molar-refractivity contribution in [3.63, 3.8) is 0 Å². The van der Waals surface area contributed by atoms with Crippen molar-refractivity contribution in [2.75, 3.05) is 11.4 Å². The molecule has 2 amide bonds. The van der Waals surface area contributed by atoms with Crippen molar-refractivity contribution in [1.82, 2.24) is 5.32 Å². The van der Waals surface area contributed by atoms with Crippen LogP contribution in [0.1, 0.15) is 30.6 Å². The zero-order valence-corrected chi connectivity index (χ0v) is 15.0. The number of carbonyl (C=O) groups excluding carboxylic acids is 2. The third-order valence-corrected chi connectivity index (χ3v) is 4.23. The van der Waals surface area contributed by atoms with Crippen LogP contribution in [-0.4, -0.2) is 18.4 Å². The molecule has 0 aliphatic heterocycles. The number of rotatable bonds is 5. The lowest BCUT2D eigenvalue weighted by molar-refractivity contribution is -0.115. The highest BCUT2D eigenvalue weighted by Gasteiger charge is 2.20. The SMILES string of the molecule is CCCNC(=O)c1ccccc1N(C(C)=O)c1ccc2ccccc2c1. The van der Waals surface area contributed by atoms with Gasteiger partial charge in [0, 0.05) is 19.2 Å². The van der Waals surface area contributed by atoms with Crippen LogP contribution in [0, 0.1) is 0 Å². The van der Waals surface area contributed by atoms with Crippen LogP contribution in [0.15, 0.2) is 66.7 Å². The summed E-state index contributed by atoms with van der Waals surface area (Å²) in [5, 5.41) is 5.04. The molecule has 0 saturated carbocycles. The molecule has 0 aromatic heterocycles. The van der Waals surface area contributed by atoms with E-state index in [9.17, 15) is 9.59 Å². The predicted molar refractivity (Wildman–Crippen MR) is 106 cm³/mol. The number of hydrogen-bond donors (Lipinski definition) is 1. The summed E-state index contributed by atoms with van der Waals surface area (Å²) < 4.78 is 0. The van der Waals surface area contributed by atoms with E-state index in [0.29, 0.717) is 17.8 Å². The van der Waals surface area contributed by atoms with Crippen LogP contribution in [0.3, 0.4) is 0 Å². The number of carbonyl (C=O) groups is 2. The van der Waals surface area contributed by atoms with Gasteiger partial charge in [-0.05, 0) is 41.5 Å². The van der Waals surface area contributed by atoms with Crippen LogP contribution in [0.25, 0.3) is 10.8 Å². The van der Waals surface area contributed by atoms with E-state index in [2.05, 4.69) is 5.32 Å². The lowest BCUT2D eigenvalue weighted by atomic mass is 10.1. The summed E-state index contributed by atoms with van der Waals surface area (Å²) in [5.41, 5.74) is 1.82. The maximum Gasteiger partial charge on any atom is 0.253 e. The van der Waals surface area contributed by atoms with Crippen LogP contribution >= 0.6 is 0 Å². The van der Waals surface area contributed by atoms with Crippen molar-refractivity contribution in [3.8, 4) is 0 Å². The van der Waals surface area contributed by atoms with Gasteiger partial charge in [0.2, 0.25) is 5.91 Å². The average molecular weight is 346 g/mol. The molecule has 3 aromatic carbocycles. The van der Waals surface area contributed by atoms with E-state index < -0.39 is 0 Å². The Bertz CT molecular complexity index is 950. The van der Waals surface area contributed by atoms with Crippen molar-refractivity contribution in [2.24, 2.45) is 0 Å². The topological polar surface area (TPSA) is 49.4 Å². The van der Waals surface area contributed by atoms with E-state index in [1.807, 2.05) is 61.5 Å². The minimum Gasteiger partial charge on any atom is -0.352 e. The van der Waals surface area contributed by atoms with E-state index in [4.69, 9.17) is 0 Å². The summed E-state index contributed by atoms with van der Waals surface area (Å²) in [6.07, 6.45) is 0.856. The minimum absolute atomic E-state index is 0.143. The van der Waals surface area contributed by atoms with Gasteiger partial charge >= 0.3 is 0 Å². The van der Waals surface area contributed by atoms with Gasteiger partial charge < -0.3 is 5.32 Å². The van der Waals surface area contributed by atoms with Gasteiger partial charge in [-0.2, -0.15) is 0 Å². The summed E-state index contributed by atoms with van der Waals surface area (Å²) in [5.74, 6) is -0.314. The monoisotopic (exact) mass is 346 g/mol. The Balaban J connectivity index is 2.08. The van der Waals surface area contributed by atoms with Gasteiger partial charge in [0.25, 0.3) is 5.91 Å². The Kier molecular flexibility index (Phi) is 5.32. The maximum absolute atomic E-state index is 12.5. The fraction of sp³-hybridized carbons (Fsp3) is 0.182. The van der Waals surface area contributed by atoms with Crippen LogP contribution in [-0.2, 0) is 4.79 Å². The van der Waals surface area contributed by atoms with Gasteiger partial charge in [-0.1, -0.05) is 49.4 Å². The van der Waals surface area contributed by atoms with Crippen LogP contribution in [0.5, 0.6) is 0 Å². The number of para-hydroxylation sites is 1. The van der Waals surface area contributed by atoms with Gasteiger partial charge in [-0.25, -0.2) is 0 Å². The molecule has 4 nitrogen and oxygen atoms in total. The van der Waals surface area contributed by atoms with Gasteiger partial charge in [0.1, 0.15) is 0 Å². The van der Waals surface area contributed by atoms with Gasteiger partial charge in [-0.3, -0.25) is 14.5 Å². The highest BCUT2D eigenvalue weighted by Crippen LogP contribution is 2.31. The second kappa shape index (κ2) is 7.83. The molecule has 0 bridgehead atoms. The lowest BCUT2D eigenvalue weighted by Crippen LogP contribution is -2.29. The Labute approximate surface area is 153 Å². The van der Waals surface area contributed by atoms with Gasteiger partial charge in [0.15, 0.2) is 0 Å². The standard InChI is InChI=1S/C22H22N2O2/c1-3-14-23-22(26)20-10-6-7-11-21(20)24(16(2)25)19-13-12-17-8-4-5-9-18(17)15-19/h4-13,15H,3,14H2,1-2H3,(H,23,26). The minimum atomic E-state index is -0.172. The molecule has 1 N–H and O–H groups in total. The molecule has 4 heteroatoms. The largest absolute Gasteiger partial charge is 0.352 e. The van der Waals surface area contributed by atoms with Crippen molar-refractivity contribution >= 4 is 34.0 Å². The molecule has 0 aliphatic rings. The molecule has 26 heavy (non-hydrogen) atoms. The molecule has 0 radical (unpaired) electrons. The zero-order valence-electron chi connectivity index (χ0n) is 15.0. The summed E-state index contributed by atoms with van der Waals surface area (Å²) in [7, 11) is 0. The zero-order chi connectivity index (χ0) is 18.5. The number of hydrogen-bond acceptors (Lipinski definition) is 2. The number of nitrogens with one attached hydrogen (secondary N) is 1. The van der Waals surface area contributed by atoms with Gasteiger partial charge in [0.05, 0.1) is 11.3 Å². The second-order valence-electron chi connectivity index (χ2n) is 6.16. The summed E-state index contributed by atoms with van der Waals surface area (Å²) >= 11 is 0. The maximum atomic E-state index is 12.5. The van der Waals surface area contributed by atoms with Crippen LogP contribution in [0.4, 0.5) is 11.4 Å². The Morgan fingerprint density at radius 2 is 1.62 bits per heavy atom. The third kappa shape index (κ3) is 3.59. The number of anilines is 2. The molecular weight excluding hydrogens is 324 g/mol. The number of nitrogens with zero attached hydrogens (tertiary/aromatic N) is 1. The third-order valence-electron chi connectivity index (χ3n) is 4.23. The summed E-state index contributed by atoms with van der Waals surface area (Å²) in [6.45, 7) is 4.11. The molecule has 0 aliphatic carbocycles. The van der Waals surface area contributed by atoms with E-state index in [0.717, 1.165) is 22.9 Å². The van der Waals surface area contributed by atoms with Crippen molar-refractivity contribution < 1.29 is 9.59 Å². The molecule has 132 valence electrons. The molecule has 0 spiro atoms. The normalized spacial score (nSPS) is 10.5. The van der Waals surface area contributed by atoms with E-state index >= 15 is 0 Å². The molecule has 0 fully saturated rings. The molecule has 0 atom stereocenters. The fourth-order valence-corrected chi connectivity index (χ4v) is 3.00. The predicted octanol–water partition coefficient (Wildman–Crippen LogP) is 4.66. The first-order chi connectivity index (χ1) is 12.6. The Hall–Kier alpha value is -3.14. The van der Waals surface area contributed by atoms with Crippen LogP contribution in [0.2, 0.25) is 0 Å². The van der Waals surface area contributed by atoms with Gasteiger partial charge in [-0.15, -0.1) is 0 Å². The lowest BCUT2D eigenvalue weighted by Gasteiger charge is -2.24. The van der Waals surface area contributed by atoms with Crippen molar-refractivity contribution in [3.05, 3.63) is 72.3 Å². The van der Waals surface area contributed by atoms with Crippen molar-refractivity contribution in [1.29, 1.82) is 0 Å². The Morgan fingerprint density at radius 3 is 2.35 bits per heavy atom. The Morgan fingerprint density at radius 1 is 0.923 bits per heavy atom. The second-order valence-corrected chi connectivity index (χ2v) is 6.16. The summed E-state index contributed by atoms with van der Waals surface area (Å²) in [4.78, 5) is 26.6. The molecule has 0 saturated heterocycles. The van der Waals surface area contributed by atoms with Crippen LogP contribution < -0.4 is 10.2 Å². The fourth-order valence-electron chi connectivity index (χ4n) is 3.00. The smallest absolute Gasteiger partial charge is 0.253 e. The first kappa shape index (κ1) is 17.7. The number of amides is 2. The molecule has 3 aromatic rings. The molecular formula is C22H22N2O2. The first-order valence-electron chi connectivity index (χ1n) is 8.78. The van der Waals surface area contributed by atoms with E-state index in [1.165, 1.54) is 6.92 Å². The van der Waals surface area contributed by atoms with E-state index in [1.54, 1.807) is 17.0 Å². The molecule has 3 rings (SSSR count). The molecule has 0 unspecified atom stereocenters. The highest BCUT2D eigenvalue weighted by molar-refractivity contribution is 6.08. The average Bonchev–Trinajstić information content (AvgIpc) is 2.66. The summed E-state index contributed by atoms with van der Waals surface area (Å²) in [6, 6.07) is 21.1. The van der Waals surface area contributed by atoms with Crippen molar-refractivity contribution in [2.45, 2.75) is 20.3 Å². The molecule has 0 heterocycles. The number of benzene rings is 3. The highest BCUT2D eigenvalue weighted by atomic mass is 16.2. The quantitative estimate of drug-likeness (QED) is 0.730. The first-order valence-corrected chi connectivity index (χ1v) is 8.78.